The smallest absolute Gasteiger partial charge is 0.329 e. The van der Waals surface area contributed by atoms with Crippen molar-refractivity contribution in [2.75, 3.05) is 14.2 Å². The molecule has 0 N–H and O–H groups in total. The molecule has 1 aromatic carbocycles. The molecule has 0 radical (unpaired) electrons. The molecule has 0 amide bonds. The maximum Gasteiger partial charge on any atom is 0.329 e. The van der Waals surface area contributed by atoms with Gasteiger partial charge >= 0.3 is 11.9 Å². The van der Waals surface area contributed by atoms with E-state index >= 15 is 0 Å². The molecule has 0 aromatic heterocycles. The van der Waals surface area contributed by atoms with Crippen LogP contribution in [-0.4, -0.2) is 42.1 Å². The Morgan fingerprint density at radius 3 is 2.00 bits per heavy atom. The predicted octanol–water partition coefficient (Wildman–Crippen LogP) is 2.00. The van der Waals surface area contributed by atoms with Crippen molar-refractivity contribution < 1.29 is 19.1 Å². The van der Waals surface area contributed by atoms with Crippen LogP contribution in [-0.2, 0) is 25.6 Å². The van der Waals surface area contributed by atoms with Crippen LogP contribution in [0, 0.1) is 23.7 Å². The zero-order valence-corrected chi connectivity index (χ0v) is 14.6. The molecule has 1 heterocycles. The van der Waals surface area contributed by atoms with Crippen LogP contribution in [0.1, 0.15) is 24.8 Å². The highest BCUT2D eigenvalue weighted by molar-refractivity contribution is 6.05. The summed E-state index contributed by atoms with van der Waals surface area (Å²) >= 11 is 0. The average molecular weight is 341 g/mol. The van der Waals surface area contributed by atoms with Crippen molar-refractivity contribution in [3.05, 3.63) is 35.9 Å². The van der Waals surface area contributed by atoms with Gasteiger partial charge < -0.3 is 9.47 Å². The molecule has 5 nitrogen and oxygen atoms in total. The summed E-state index contributed by atoms with van der Waals surface area (Å²) < 4.78 is 10.4. The van der Waals surface area contributed by atoms with Crippen molar-refractivity contribution in [2.24, 2.45) is 23.7 Å². The van der Waals surface area contributed by atoms with Gasteiger partial charge in [-0.3, -0.25) is 4.90 Å². The standard InChI is InChI=1S/C20H23NO4/c1-24-17(22)19-15-13-8-9-14(10-13)16(15)20(19,18(23)25-2)21(19)11-12-6-4-3-5-7-12/h3-7,13-16H,8-11H2,1-2H3. The molecule has 3 saturated carbocycles. The fourth-order valence-corrected chi connectivity index (χ4v) is 6.85. The van der Waals surface area contributed by atoms with Crippen molar-refractivity contribution >= 4 is 11.9 Å². The van der Waals surface area contributed by atoms with Gasteiger partial charge in [0.05, 0.1) is 14.2 Å². The summed E-state index contributed by atoms with van der Waals surface area (Å²) in [4.78, 5) is 28.0. The van der Waals surface area contributed by atoms with Crippen molar-refractivity contribution in [3.8, 4) is 0 Å². The zero-order chi connectivity index (χ0) is 17.4. The molecule has 2 bridgehead atoms. The molecule has 1 saturated heterocycles. The second-order valence-corrected chi connectivity index (χ2v) is 7.97. The normalized spacial score (nSPS) is 45.1. The van der Waals surface area contributed by atoms with Crippen molar-refractivity contribution in [1.29, 1.82) is 0 Å². The van der Waals surface area contributed by atoms with Gasteiger partial charge in [-0.05, 0) is 48.5 Å². The number of hydrogen-bond acceptors (Lipinski definition) is 5. The lowest BCUT2D eigenvalue weighted by Gasteiger charge is -2.47. The summed E-state index contributed by atoms with van der Waals surface area (Å²) in [5.41, 5.74) is -0.515. The van der Waals surface area contributed by atoms with E-state index in [9.17, 15) is 9.59 Å². The Morgan fingerprint density at radius 1 is 1.00 bits per heavy atom. The van der Waals surface area contributed by atoms with E-state index < -0.39 is 11.1 Å². The lowest BCUT2D eigenvalue weighted by molar-refractivity contribution is -0.164. The van der Waals surface area contributed by atoms with Crippen LogP contribution in [0.3, 0.4) is 0 Å². The summed E-state index contributed by atoms with van der Waals surface area (Å²) in [7, 11) is 2.86. The van der Waals surface area contributed by atoms with Crippen LogP contribution in [0.5, 0.6) is 0 Å². The summed E-state index contributed by atoms with van der Waals surface area (Å²) in [6.07, 6.45) is 3.48. The quantitative estimate of drug-likeness (QED) is 0.619. The lowest BCUT2D eigenvalue weighted by atomic mass is 9.52. The first-order valence-corrected chi connectivity index (χ1v) is 9.12. The van der Waals surface area contributed by atoms with Crippen molar-refractivity contribution in [2.45, 2.75) is 36.9 Å². The fraction of sp³-hybridized carbons (Fsp3) is 0.600. The first kappa shape index (κ1) is 15.4. The summed E-state index contributed by atoms with van der Waals surface area (Å²) in [5, 5.41) is 0. The number of likely N-dealkylation sites (tertiary alicyclic amines) is 1. The van der Waals surface area contributed by atoms with Crippen molar-refractivity contribution in [3.63, 3.8) is 0 Å². The molecule has 4 aliphatic rings. The highest BCUT2D eigenvalue weighted by Gasteiger charge is 3.00. The first-order valence-electron chi connectivity index (χ1n) is 9.12. The number of benzene rings is 1. The minimum atomic E-state index is -0.810. The van der Waals surface area contributed by atoms with Gasteiger partial charge in [-0.25, -0.2) is 9.59 Å². The molecule has 25 heavy (non-hydrogen) atoms. The Balaban J connectivity index is 1.60. The van der Waals surface area contributed by atoms with Gasteiger partial charge in [0.25, 0.3) is 0 Å². The van der Waals surface area contributed by atoms with E-state index in [2.05, 4.69) is 4.90 Å². The highest BCUT2D eigenvalue weighted by atomic mass is 16.5. The summed E-state index contributed by atoms with van der Waals surface area (Å²) in [5.74, 6) is 1.02. The Hall–Kier alpha value is -1.88. The van der Waals surface area contributed by atoms with Crippen LogP contribution < -0.4 is 0 Å². The summed E-state index contributed by atoms with van der Waals surface area (Å²) in [6.45, 7) is 0.581. The average Bonchev–Trinajstić information content (AvgIpc) is 2.96. The largest absolute Gasteiger partial charge is 0.468 e. The number of carbonyl (C=O) groups excluding carboxylic acids is 2. The number of hydrogen-bond donors (Lipinski definition) is 0. The third-order valence-corrected chi connectivity index (χ3v) is 7.44. The van der Waals surface area contributed by atoms with Gasteiger partial charge in [-0.1, -0.05) is 30.3 Å². The maximum atomic E-state index is 12.9. The zero-order valence-electron chi connectivity index (χ0n) is 14.6. The van der Waals surface area contributed by atoms with E-state index in [-0.39, 0.29) is 23.8 Å². The van der Waals surface area contributed by atoms with E-state index in [1.807, 2.05) is 30.3 Å². The Kier molecular flexibility index (Phi) is 2.98. The van der Waals surface area contributed by atoms with Crippen LogP contribution >= 0.6 is 0 Å². The first-order chi connectivity index (χ1) is 12.1. The van der Waals surface area contributed by atoms with Gasteiger partial charge in [0, 0.05) is 6.54 Å². The molecule has 6 atom stereocenters. The highest BCUT2D eigenvalue weighted by Crippen LogP contribution is 2.82. The van der Waals surface area contributed by atoms with Gasteiger partial charge in [-0.2, -0.15) is 0 Å². The number of carbonyl (C=O) groups is 2. The fourth-order valence-electron chi connectivity index (χ4n) is 6.85. The second-order valence-electron chi connectivity index (χ2n) is 7.97. The third kappa shape index (κ3) is 1.47. The van der Waals surface area contributed by atoms with Gasteiger partial charge in [0.1, 0.15) is 0 Å². The molecular weight excluding hydrogens is 318 g/mol. The molecule has 5 rings (SSSR count). The van der Waals surface area contributed by atoms with Crippen LogP contribution in [0.4, 0.5) is 0 Å². The molecule has 6 unspecified atom stereocenters. The van der Waals surface area contributed by atoms with Crippen LogP contribution in [0.25, 0.3) is 0 Å². The maximum absolute atomic E-state index is 12.9. The molecule has 1 aliphatic heterocycles. The van der Waals surface area contributed by atoms with Crippen LogP contribution in [0.15, 0.2) is 30.3 Å². The minimum Gasteiger partial charge on any atom is -0.468 e. The topological polar surface area (TPSA) is 55.6 Å². The molecule has 3 aliphatic carbocycles. The number of nitrogens with zero attached hydrogens (tertiary/aromatic N) is 1. The van der Waals surface area contributed by atoms with E-state index in [0.29, 0.717) is 18.4 Å². The van der Waals surface area contributed by atoms with Crippen LogP contribution in [0.2, 0.25) is 0 Å². The Labute approximate surface area is 147 Å². The third-order valence-electron chi connectivity index (χ3n) is 7.44. The lowest BCUT2D eigenvalue weighted by Crippen LogP contribution is -2.65. The molecule has 0 spiro atoms. The van der Waals surface area contributed by atoms with E-state index in [4.69, 9.17) is 9.47 Å². The van der Waals surface area contributed by atoms with Gasteiger partial charge in [0.2, 0.25) is 0 Å². The Bertz CT molecular complexity index is 707. The number of methoxy groups -OCH3 is 2. The van der Waals surface area contributed by atoms with E-state index in [1.54, 1.807) is 0 Å². The molecule has 5 heteroatoms. The molecule has 132 valence electrons. The Morgan fingerprint density at radius 2 is 1.52 bits per heavy atom. The number of ether oxygens (including phenoxy) is 2. The minimum absolute atomic E-state index is 0.238. The number of esters is 2. The number of fused-ring (bicyclic) bond motifs is 8. The van der Waals surface area contributed by atoms with E-state index in [1.165, 1.54) is 27.1 Å². The van der Waals surface area contributed by atoms with E-state index in [0.717, 1.165) is 12.0 Å². The monoisotopic (exact) mass is 341 g/mol. The molecule has 1 aromatic rings. The van der Waals surface area contributed by atoms with Gasteiger partial charge in [-0.15, -0.1) is 0 Å². The second kappa shape index (κ2) is 4.85. The van der Waals surface area contributed by atoms with Crippen molar-refractivity contribution in [1.82, 2.24) is 4.90 Å². The molecular formula is C20H23NO4. The van der Waals surface area contributed by atoms with Gasteiger partial charge in [0.15, 0.2) is 11.1 Å². The molecule has 4 fully saturated rings. The number of rotatable bonds is 4. The predicted molar refractivity (Wildman–Crippen MR) is 89.3 cm³/mol. The summed E-state index contributed by atoms with van der Waals surface area (Å²) in [6, 6.07) is 10.0. The SMILES string of the molecule is COC(=O)C12C3C4CCC(C4)C3C1(C(=O)OC)N2Cc1ccccc1.